The number of thiazole rings is 1. The van der Waals surface area contributed by atoms with Crippen molar-refractivity contribution >= 4 is 44.4 Å². The molecule has 0 unspecified atom stereocenters. The van der Waals surface area contributed by atoms with Gasteiger partial charge in [0, 0.05) is 30.2 Å². The van der Waals surface area contributed by atoms with Gasteiger partial charge in [0.1, 0.15) is 5.75 Å². The van der Waals surface area contributed by atoms with E-state index < -0.39 is 0 Å². The van der Waals surface area contributed by atoms with Crippen molar-refractivity contribution in [2.24, 2.45) is 0 Å². The standard InChI is InChI=1S/C25H33N3O2S2/c1-6-27(7-2)13-14-28(25-26-22-16-18(3)19(4)17-23(22)32-25)24(29)12-15-31-21-10-8-20(30-5)9-11-21/h8-11,16-17H,6-7,12-15H2,1-5H3. The molecule has 32 heavy (non-hydrogen) atoms. The fraction of sp³-hybridized carbons (Fsp3) is 0.440. The topological polar surface area (TPSA) is 45.7 Å². The molecule has 7 heteroatoms. The summed E-state index contributed by atoms with van der Waals surface area (Å²) in [5, 5.41) is 0.802. The first-order valence-corrected chi connectivity index (χ1v) is 12.9. The molecule has 0 atom stereocenters. The molecular formula is C25H33N3O2S2. The molecule has 0 saturated carbocycles. The van der Waals surface area contributed by atoms with Gasteiger partial charge in [-0.15, -0.1) is 11.8 Å². The van der Waals surface area contributed by atoms with Crippen molar-refractivity contribution in [3.05, 3.63) is 47.5 Å². The van der Waals surface area contributed by atoms with Crippen LogP contribution in [0.2, 0.25) is 0 Å². The molecule has 1 amide bonds. The lowest BCUT2D eigenvalue weighted by Gasteiger charge is -2.24. The zero-order valence-corrected chi connectivity index (χ0v) is 21.3. The molecule has 2 aromatic carbocycles. The summed E-state index contributed by atoms with van der Waals surface area (Å²) in [6, 6.07) is 12.3. The Labute approximate surface area is 199 Å². The van der Waals surface area contributed by atoms with Gasteiger partial charge >= 0.3 is 0 Å². The van der Waals surface area contributed by atoms with E-state index in [9.17, 15) is 4.79 Å². The number of aromatic nitrogens is 1. The second-order valence-corrected chi connectivity index (χ2v) is 9.92. The van der Waals surface area contributed by atoms with Crippen LogP contribution >= 0.6 is 23.1 Å². The van der Waals surface area contributed by atoms with Gasteiger partial charge in [-0.05, 0) is 74.5 Å². The summed E-state index contributed by atoms with van der Waals surface area (Å²) in [7, 11) is 1.66. The van der Waals surface area contributed by atoms with E-state index in [1.807, 2.05) is 29.2 Å². The van der Waals surface area contributed by atoms with Gasteiger partial charge in [0.25, 0.3) is 0 Å². The van der Waals surface area contributed by atoms with Crippen molar-refractivity contribution in [3.8, 4) is 5.75 Å². The Hall–Kier alpha value is -2.09. The highest BCUT2D eigenvalue weighted by molar-refractivity contribution is 7.99. The monoisotopic (exact) mass is 471 g/mol. The van der Waals surface area contributed by atoms with Gasteiger partial charge in [0.05, 0.1) is 17.3 Å². The highest BCUT2D eigenvalue weighted by Crippen LogP contribution is 2.31. The number of ether oxygens (including phenoxy) is 1. The van der Waals surface area contributed by atoms with Crippen LogP contribution in [0.15, 0.2) is 41.3 Å². The van der Waals surface area contributed by atoms with Crippen LogP contribution < -0.4 is 9.64 Å². The highest BCUT2D eigenvalue weighted by atomic mass is 32.2. The number of carbonyl (C=O) groups is 1. The number of likely N-dealkylation sites (N-methyl/N-ethyl adjacent to an activating group) is 1. The maximum absolute atomic E-state index is 13.3. The van der Waals surface area contributed by atoms with E-state index in [0.29, 0.717) is 13.0 Å². The number of carbonyl (C=O) groups excluding carboxylic acids is 1. The van der Waals surface area contributed by atoms with Crippen LogP contribution in [0, 0.1) is 13.8 Å². The Bertz CT molecular complexity index is 991. The Morgan fingerprint density at radius 3 is 2.41 bits per heavy atom. The summed E-state index contributed by atoms with van der Waals surface area (Å²) in [4.78, 5) is 23.5. The van der Waals surface area contributed by atoms with E-state index in [1.165, 1.54) is 11.1 Å². The average Bonchev–Trinajstić information content (AvgIpc) is 3.19. The molecule has 0 aliphatic rings. The van der Waals surface area contributed by atoms with Crippen molar-refractivity contribution in [1.29, 1.82) is 0 Å². The summed E-state index contributed by atoms with van der Waals surface area (Å²) in [6.07, 6.45) is 0.475. The van der Waals surface area contributed by atoms with E-state index in [0.717, 1.165) is 51.4 Å². The van der Waals surface area contributed by atoms with Crippen molar-refractivity contribution in [2.45, 2.75) is 39.0 Å². The number of benzene rings is 2. The number of fused-ring (bicyclic) bond motifs is 1. The first-order valence-electron chi connectivity index (χ1n) is 11.1. The maximum atomic E-state index is 13.3. The van der Waals surface area contributed by atoms with Crippen LogP contribution in [-0.4, -0.2) is 54.8 Å². The molecule has 0 bridgehead atoms. The zero-order chi connectivity index (χ0) is 23.1. The molecule has 0 fully saturated rings. The summed E-state index contributed by atoms with van der Waals surface area (Å²) in [6.45, 7) is 12.0. The van der Waals surface area contributed by atoms with E-state index in [1.54, 1.807) is 30.2 Å². The molecule has 1 heterocycles. The van der Waals surface area contributed by atoms with Crippen molar-refractivity contribution in [3.63, 3.8) is 0 Å². The van der Waals surface area contributed by atoms with Gasteiger partial charge in [-0.2, -0.15) is 0 Å². The Morgan fingerprint density at radius 1 is 1.06 bits per heavy atom. The summed E-state index contributed by atoms with van der Waals surface area (Å²) in [5.41, 5.74) is 3.46. The predicted molar refractivity (Wildman–Crippen MR) is 138 cm³/mol. The van der Waals surface area contributed by atoms with Crippen LogP contribution in [0.25, 0.3) is 10.2 Å². The maximum Gasteiger partial charge on any atom is 0.229 e. The molecule has 0 saturated heterocycles. The Morgan fingerprint density at radius 2 is 1.75 bits per heavy atom. The molecule has 0 aliphatic carbocycles. The van der Waals surface area contributed by atoms with Crippen molar-refractivity contribution in [1.82, 2.24) is 9.88 Å². The molecule has 0 aliphatic heterocycles. The minimum atomic E-state index is 0.130. The number of amides is 1. The highest BCUT2D eigenvalue weighted by Gasteiger charge is 2.20. The molecular weight excluding hydrogens is 438 g/mol. The van der Waals surface area contributed by atoms with Gasteiger partial charge in [0.2, 0.25) is 5.91 Å². The molecule has 5 nitrogen and oxygen atoms in total. The van der Waals surface area contributed by atoms with Gasteiger partial charge in [-0.1, -0.05) is 25.2 Å². The number of rotatable bonds is 11. The lowest BCUT2D eigenvalue weighted by Crippen LogP contribution is -2.39. The molecule has 0 N–H and O–H groups in total. The molecule has 3 aromatic rings. The predicted octanol–water partition coefficient (Wildman–Crippen LogP) is 5.78. The SMILES string of the molecule is CCN(CC)CCN(C(=O)CCSc1ccc(OC)cc1)c1nc2cc(C)c(C)cc2s1. The quantitative estimate of drug-likeness (QED) is 0.332. The number of methoxy groups -OCH3 is 1. The molecule has 3 rings (SSSR count). The lowest BCUT2D eigenvalue weighted by atomic mass is 10.1. The van der Waals surface area contributed by atoms with Crippen LogP contribution in [0.3, 0.4) is 0 Å². The number of thioether (sulfide) groups is 1. The minimum absolute atomic E-state index is 0.130. The number of nitrogens with zero attached hydrogens (tertiary/aromatic N) is 3. The summed E-state index contributed by atoms with van der Waals surface area (Å²) in [5.74, 6) is 1.70. The number of anilines is 1. The van der Waals surface area contributed by atoms with E-state index in [-0.39, 0.29) is 5.91 Å². The third-order valence-corrected chi connectivity index (χ3v) is 7.76. The number of aryl methyl sites for hydroxylation is 2. The third-order valence-electron chi connectivity index (χ3n) is 5.70. The van der Waals surface area contributed by atoms with Crippen LogP contribution in [0.4, 0.5) is 5.13 Å². The first kappa shape index (κ1) is 24.6. The van der Waals surface area contributed by atoms with Crippen LogP contribution in [0.1, 0.15) is 31.4 Å². The summed E-state index contributed by atoms with van der Waals surface area (Å²) < 4.78 is 6.35. The second kappa shape index (κ2) is 11.7. The van der Waals surface area contributed by atoms with Crippen molar-refractivity contribution < 1.29 is 9.53 Å². The normalized spacial score (nSPS) is 11.3. The zero-order valence-electron chi connectivity index (χ0n) is 19.7. The number of hydrogen-bond donors (Lipinski definition) is 0. The van der Waals surface area contributed by atoms with Crippen LogP contribution in [0.5, 0.6) is 5.75 Å². The van der Waals surface area contributed by atoms with Crippen molar-refractivity contribution in [2.75, 3.05) is 43.9 Å². The molecule has 0 spiro atoms. The minimum Gasteiger partial charge on any atom is -0.497 e. The van der Waals surface area contributed by atoms with E-state index >= 15 is 0 Å². The third kappa shape index (κ3) is 6.24. The molecule has 172 valence electrons. The van der Waals surface area contributed by atoms with Gasteiger partial charge < -0.3 is 9.64 Å². The molecule has 0 radical (unpaired) electrons. The summed E-state index contributed by atoms with van der Waals surface area (Å²) >= 11 is 3.30. The second-order valence-electron chi connectivity index (χ2n) is 7.75. The molecule has 1 aromatic heterocycles. The number of hydrogen-bond acceptors (Lipinski definition) is 6. The Kier molecular flexibility index (Phi) is 8.96. The fourth-order valence-corrected chi connectivity index (χ4v) is 5.38. The van der Waals surface area contributed by atoms with E-state index in [2.05, 4.69) is 44.7 Å². The van der Waals surface area contributed by atoms with Gasteiger partial charge in [0.15, 0.2) is 5.13 Å². The first-order chi connectivity index (χ1) is 15.4. The van der Waals surface area contributed by atoms with Gasteiger partial charge in [-0.25, -0.2) is 4.98 Å². The van der Waals surface area contributed by atoms with Crippen LogP contribution in [-0.2, 0) is 4.79 Å². The smallest absolute Gasteiger partial charge is 0.229 e. The van der Waals surface area contributed by atoms with Gasteiger partial charge in [-0.3, -0.25) is 9.69 Å². The fourth-order valence-electron chi connectivity index (χ4n) is 3.45. The average molecular weight is 472 g/mol. The largest absolute Gasteiger partial charge is 0.497 e. The Balaban J connectivity index is 1.73. The van der Waals surface area contributed by atoms with E-state index in [4.69, 9.17) is 9.72 Å². The lowest BCUT2D eigenvalue weighted by molar-refractivity contribution is -0.118.